The monoisotopic (exact) mass is 454 g/mol. The van der Waals surface area contributed by atoms with E-state index >= 15 is 0 Å². The zero-order chi connectivity index (χ0) is 21.7. The van der Waals surface area contributed by atoms with Crippen LogP contribution >= 0.6 is 36.2 Å². The highest BCUT2D eigenvalue weighted by Gasteiger charge is 2.28. The Hall–Kier alpha value is -1.11. The van der Waals surface area contributed by atoms with E-state index in [1.807, 2.05) is 12.5 Å². The highest BCUT2D eigenvalue weighted by Crippen LogP contribution is 2.06. The van der Waals surface area contributed by atoms with E-state index in [1.165, 1.54) is 30.4 Å². The third kappa shape index (κ3) is 10.4. The Labute approximate surface area is 179 Å². The van der Waals surface area contributed by atoms with Gasteiger partial charge in [-0.05, 0) is 43.8 Å². The number of nitrogens with two attached hydrogens (primary N) is 1. The third-order valence-corrected chi connectivity index (χ3v) is 5.43. The molecule has 4 atom stereocenters. The molecule has 0 aromatic rings. The summed E-state index contributed by atoms with van der Waals surface area (Å²) in [6.45, 7) is 1.34. The minimum atomic E-state index is -1.17. The Morgan fingerprint density at radius 2 is 1.36 bits per heavy atom. The van der Waals surface area contributed by atoms with E-state index in [0.29, 0.717) is 24.3 Å². The standard InChI is InChI=1S/C16H30N4O5S3/c1-9(16(24)25)18-14(22)11(4-6-27-2)20-15(23)12(5-7-28-3)19-13(21)10(17)8-26/h9-12,26H,4-8,17H2,1-3H3,(H,18,22)(H,19,21)(H,20,23)(H,24,25). The largest absolute Gasteiger partial charge is 0.480 e. The van der Waals surface area contributed by atoms with E-state index in [-0.39, 0.29) is 5.75 Å². The van der Waals surface area contributed by atoms with Crippen LogP contribution in [-0.2, 0) is 19.2 Å². The number of carboxylic acids is 1. The molecule has 162 valence electrons. The van der Waals surface area contributed by atoms with Gasteiger partial charge in [0, 0.05) is 5.75 Å². The molecule has 3 amide bonds. The predicted molar refractivity (Wildman–Crippen MR) is 117 cm³/mol. The number of thiol groups is 1. The van der Waals surface area contributed by atoms with Crippen molar-refractivity contribution < 1.29 is 24.3 Å². The molecule has 6 N–H and O–H groups in total. The van der Waals surface area contributed by atoms with Crippen molar-refractivity contribution in [2.45, 2.75) is 43.9 Å². The smallest absolute Gasteiger partial charge is 0.325 e. The summed E-state index contributed by atoms with van der Waals surface area (Å²) < 4.78 is 0. The molecule has 0 aromatic heterocycles. The number of carboxylic acid groups (broad SMARTS) is 1. The Kier molecular flexibility index (Phi) is 14.2. The zero-order valence-corrected chi connectivity index (χ0v) is 18.8. The summed E-state index contributed by atoms with van der Waals surface area (Å²) in [5, 5.41) is 16.5. The first kappa shape index (κ1) is 26.9. The molecule has 4 unspecified atom stereocenters. The van der Waals surface area contributed by atoms with Crippen molar-refractivity contribution in [2.24, 2.45) is 5.73 Å². The van der Waals surface area contributed by atoms with E-state index in [1.54, 1.807) is 0 Å². The number of carbonyl (C=O) groups is 4. The van der Waals surface area contributed by atoms with Gasteiger partial charge in [-0.2, -0.15) is 36.2 Å². The Morgan fingerprint density at radius 3 is 1.75 bits per heavy atom. The molecule has 0 aromatic carbocycles. The number of rotatable bonds is 14. The molecular formula is C16H30N4O5S3. The number of hydrogen-bond acceptors (Lipinski definition) is 8. The molecule has 0 aliphatic heterocycles. The van der Waals surface area contributed by atoms with Gasteiger partial charge in [-0.1, -0.05) is 0 Å². The van der Waals surface area contributed by atoms with Gasteiger partial charge in [-0.25, -0.2) is 0 Å². The normalized spacial score (nSPS) is 15.0. The molecule has 0 saturated carbocycles. The second-order valence-corrected chi connectivity index (χ2v) is 8.38. The van der Waals surface area contributed by atoms with Crippen LogP contribution < -0.4 is 21.7 Å². The minimum Gasteiger partial charge on any atom is -0.480 e. The number of hydrogen-bond donors (Lipinski definition) is 6. The quantitative estimate of drug-likeness (QED) is 0.189. The Morgan fingerprint density at radius 1 is 0.929 bits per heavy atom. The summed E-state index contributed by atoms with van der Waals surface area (Å²) in [7, 11) is 0. The molecule has 28 heavy (non-hydrogen) atoms. The highest BCUT2D eigenvalue weighted by atomic mass is 32.2. The van der Waals surface area contributed by atoms with Gasteiger partial charge in [-0.3, -0.25) is 19.2 Å². The summed E-state index contributed by atoms with van der Waals surface area (Å²) in [6, 6.07) is -3.69. The summed E-state index contributed by atoms with van der Waals surface area (Å²) >= 11 is 6.98. The number of thioether (sulfide) groups is 2. The summed E-state index contributed by atoms with van der Waals surface area (Å²) in [4.78, 5) is 48.1. The van der Waals surface area contributed by atoms with Crippen molar-refractivity contribution in [2.75, 3.05) is 29.8 Å². The summed E-state index contributed by atoms with van der Waals surface area (Å²) in [5.41, 5.74) is 5.64. The fourth-order valence-corrected chi connectivity index (χ4v) is 3.13. The highest BCUT2D eigenvalue weighted by molar-refractivity contribution is 7.98. The molecule has 0 aliphatic rings. The fraction of sp³-hybridized carbons (Fsp3) is 0.750. The van der Waals surface area contributed by atoms with Crippen LogP contribution in [0, 0.1) is 0 Å². The Bertz CT molecular complexity index is 538. The van der Waals surface area contributed by atoms with Crippen molar-refractivity contribution in [1.29, 1.82) is 0 Å². The average molecular weight is 455 g/mol. The SMILES string of the molecule is CSCCC(NC(=O)C(N)CS)C(=O)NC(CCSC)C(=O)NC(C)C(=O)O. The molecule has 0 aliphatic carbocycles. The first-order valence-electron chi connectivity index (χ1n) is 8.66. The molecule has 0 bridgehead atoms. The van der Waals surface area contributed by atoms with Gasteiger partial charge in [0.2, 0.25) is 17.7 Å². The van der Waals surface area contributed by atoms with Gasteiger partial charge in [0.15, 0.2) is 0 Å². The van der Waals surface area contributed by atoms with Crippen LogP contribution in [0.2, 0.25) is 0 Å². The van der Waals surface area contributed by atoms with Gasteiger partial charge in [-0.15, -0.1) is 0 Å². The maximum Gasteiger partial charge on any atom is 0.325 e. The lowest BCUT2D eigenvalue weighted by atomic mass is 10.1. The predicted octanol–water partition coefficient (Wildman–Crippen LogP) is -0.691. The topological polar surface area (TPSA) is 151 Å². The minimum absolute atomic E-state index is 0.133. The Balaban J connectivity index is 5.18. The molecule has 0 fully saturated rings. The van der Waals surface area contributed by atoms with Gasteiger partial charge in [0.25, 0.3) is 0 Å². The van der Waals surface area contributed by atoms with Crippen LogP contribution in [-0.4, -0.2) is 82.7 Å². The number of amides is 3. The van der Waals surface area contributed by atoms with Crippen LogP contribution in [0.25, 0.3) is 0 Å². The molecule has 12 heteroatoms. The van der Waals surface area contributed by atoms with Crippen molar-refractivity contribution in [3.05, 3.63) is 0 Å². The maximum absolute atomic E-state index is 12.7. The van der Waals surface area contributed by atoms with Crippen LogP contribution in [0.3, 0.4) is 0 Å². The van der Waals surface area contributed by atoms with Gasteiger partial charge >= 0.3 is 5.97 Å². The first-order valence-corrected chi connectivity index (χ1v) is 12.1. The van der Waals surface area contributed by atoms with Crippen LogP contribution in [0.1, 0.15) is 19.8 Å². The lowest BCUT2D eigenvalue weighted by Gasteiger charge is -2.24. The lowest BCUT2D eigenvalue weighted by Crippen LogP contribution is -2.57. The van der Waals surface area contributed by atoms with Crippen molar-refractivity contribution in [3.63, 3.8) is 0 Å². The van der Waals surface area contributed by atoms with Crippen LogP contribution in [0.5, 0.6) is 0 Å². The van der Waals surface area contributed by atoms with Crippen molar-refractivity contribution in [1.82, 2.24) is 16.0 Å². The van der Waals surface area contributed by atoms with Crippen molar-refractivity contribution in [3.8, 4) is 0 Å². The molecule has 0 heterocycles. The molecule has 0 spiro atoms. The second-order valence-electron chi connectivity index (χ2n) is 6.04. The van der Waals surface area contributed by atoms with E-state index in [2.05, 4.69) is 28.6 Å². The number of aliphatic carboxylic acids is 1. The molecule has 0 radical (unpaired) electrons. The lowest BCUT2D eigenvalue weighted by molar-refractivity contribution is -0.141. The average Bonchev–Trinajstić information content (AvgIpc) is 2.66. The van der Waals surface area contributed by atoms with E-state index in [0.717, 1.165) is 0 Å². The first-order chi connectivity index (χ1) is 13.2. The summed E-state index contributed by atoms with van der Waals surface area (Å²) in [6.07, 6.45) is 4.42. The van der Waals surface area contributed by atoms with E-state index in [9.17, 15) is 19.2 Å². The number of nitrogens with one attached hydrogen (secondary N) is 3. The maximum atomic E-state index is 12.7. The van der Waals surface area contributed by atoms with Gasteiger partial charge in [0.05, 0.1) is 6.04 Å². The number of carbonyl (C=O) groups excluding carboxylic acids is 3. The van der Waals surface area contributed by atoms with Crippen molar-refractivity contribution >= 4 is 59.8 Å². The van der Waals surface area contributed by atoms with Gasteiger partial charge < -0.3 is 26.8 Å². The van der Waals surface area contributed by atoms with Gasteiger partial charge in [0.1, 0.15) is 18.1 Å². The van der Waals surface area contributed by atoms with E-state index in [4.69, 9.17) is 10.8 Å². The second kappa shape index (κ2) is 14.8. The summed E-state index contributed by atoms with van der Waals surface area (Å²) in [5.74, 6) is -1.43. The van der Waals surface area contributed by atoms with Crippen LogP contribution in [0.15, 0.2) is 0 Å². The third-order valence-electron chi connectivity index (χ3n) is 3.75. The molecule has 0 rings (SSSR count). The molecule has 0 saturated heterocycles. The molecule has 9 nitrogen and oxygen atoms in total. The van der Waals surface area contributed by atoms with E-state index < -0.39 is 47.9 Å². The van der Waals surface area contributed by atoms with Crippen LogP contribution in [0.4, 0.5) is 0 Å². The molecular weight excluding hydrogens is 424 g/mol. The zero-order valence-electron chi connectivity index (χ0n) is 16.3. The fourth-order valence-electron chi connectivity index (χ4n) is 2.02.